The van der Waals surface area contributed by atoms with Crippen LogP contribution in [0.25, 0.3) is 12.2 Å². The Kier molecular flexibility index (Phi) is 4.07. The fourth-order valence-corrected chi connectivity index (χ4v) is 18.7. The third-order valence-electron chi connectivity index (χ3n) is 6.58. The van der Waals surface area contributed by atoms with Crippen LogP contribution in [0.1, 0.15) is 51.9 Å². The zero-order valence-electron chi connectivity index (χ0n) is 16.3. The normalized spacial score (nSPS) is 20.9. The van der Waals surface area contributed by atoms with Crippen molar-refractivity contribution in [1.82, 2.24) is 0 Å². The summed E-state index contributed by atoms with van der Waals surface area (Å²) in [6.07, 6.45) is 9.91. The second-order valence-corrected chi connectivity index (χ2v) is 26.1. The summed E-state index contributed by atoms with van der Waals surface area (Å²) < 4.78 is 6.71. The molecular weight excluding hydrogens is 467 g/mol. The molecule has 0 aromatic heterocycles. The molecule has 0 radical (unpaired) electrons. The van der Waals surface area contributed by atoms with E-state index in [2.05, 4.69) is 85.6 Å². The minimum absolute atomic E-state index is 0.683. The van der Waals surface area contributed by atoms with Crippen molar-refractivity contribution in [2.75, 3.05) is 0 Å². The summed E-state index contributed by atoms with van der Waals surface area (Å²) in [6, 6.07) is 9.21. The zero-order chi connectivity index (χ0) is 17.9. The molecule has 0 bridgehead atoms. The van der Waals surface area contributed by atoms with Crippen molar-refractivity contribution >= 4 is 12.2 Å². The molecule has 25 heavy (non-hydrogen) atoms. The van der Waals surface area contributed by atoms with Crippen LogP contribution in [0.15, 0.2) is 36.4 Å². The number of allylic oxidation sites excluding steroid dienone is 2. The van der Waals surface area contributed by atoms with Crippen molar-refractivity contribution in [3.05, 3.63) is 80.9 Å². The fourth-order valence-electron chi connectivity index (χ4n) is 4.99. The van der Waals surface area contributed by atoms with Gasteiger partial charge in [-0.05, 0) is 0 Å². The Morgan fingerprint density at radius 1 is 0.600 bits per heavy atom. The number of rotatable bonds is 2. The van der Waals surface area contributed by atoms with E-state index in [1.54, 1.807) is 11.1 Å². The van der Waals surface area contributed by atoms with Gasteiger partial charge in [0.15, 0.2) is 0 Å². The van der Waals surface area contributed by atoms with Crippen molar-refractivity contribution in [3.63, 3.8) is 0 Å². The molecule has 0 amide bonds. The van der Waals surface area contributed by atoms with Gasteiger partial charge in [0.2, 0.25) is 0 Å². The van der Waals surface area contributed by atoms with Crippen LogP contribution in [0.5, 0.6) is 0 Å². The maximum absolute atomic E-state index is 2.68. The van der Waals surface area contributed by atoms with E-state index in [0.717, 1.165) is 0 Å². The summed E-state index contributed by atoms with van der Waals surface area (Å²) in [5.41, 5.74) is 12.1. The maximum atomic E-state index is 2.67. The molecule has 2 aromatic carbocycles. The van der Waals surface area contributed by atoms with Crippen molar-refractivity contribution < 1.29 is 20.0 Å². The van der Waals surface area contributed by atoms with E-state index >= 15 is 0 Å². The molecule has 0 fully saturated rings. The third-order valence-corrected chi connectivity index (χ3v) is 21.6. The molecule has 0 spiro atoms. The second kappa shape index (κ2) is 5.91. The summed E-state index contributed by atoms with van der Waals surface area (Å²) in [7, 11) is 0. The van der Waals surface area contributed by atoms with Crippen LogP contribution in [-0.4, -0.2) is 0 Å². The predicted octanol–water partition coefficient (Wildman–Crippen LogP) is 7.01. The van der Waals surface area contributed by atoms with E-state index in [-0.39, 0.29) is 0 Å². The molecule has 2 unspecified atom stereocenters. The van der Waals surface area contributed by atoms with Crippen LogP contribution in [-0.2, 0) is 20.0 Å². The molecule has 0 N–H and O–H groups in total. The Hall–Kier alpha value is -1.21. The molecule has 2 atom stereocenters. The summed E-state index contributed by atoms with van der Waals surface area (Å²) in [5, 5.41) is 0. The van der Waals surface area contributed by atoms with Gasteiger partial charge in [0.25, 0.3) is 0 Å². The standard InChI is InChI=1S/2C11H11.2CH3.Hf/c2*1-8-6-7-9(2)11-5-3-4-10(8)11;;;/h2*3-7H,1-2H3;2*1H3;. The van der Waals surface area contributed by atoms with E-state index in [1.165, 1.54) is 33.4 Å². The molecular formula is C24H28Hf. The average Bonchev–Trinajstić information content (AvgIpc) is 3.20. The van der Waals surface area contributed by atoms with Gasteiger partial charge in [-0.3, -0.25) is 0 Å². The Bertz CT molecular complexity index is 852. The summed E-state index contributed by atoms with van der Waals surface area (Å²) in [5.74, 6) is 0. The first-order chi connectivity index (χ1) is 11.8. The van der Waals surface area contributed by atoms with Crippen LogP contribution < -0.4 is 0 Å². The number of fused-ring (bicyclic) bond motifs is 2. The van der Waals surface area contributed by atoms with E-state index in [0.29, 0.717) is 7.35 Å². The van der Waals surface area contributed by atoms with E-state index in [9.17, 15) is 0 Å². The third kappa shape index (κ3) is 2.50. The van der Waals surface area contributed by atoms with E-state index in [4.69, 9.17) is 0 Å². The second-order valence-electron chi connectivity index (χ2n) is 8.55. The van der Waals surface area contributed by atoms with Gasteiger partial charge in [-0.1, -0.05) is 0 Å². The van der Waals surface area contributed by atoms with Gasteiger partial charge in [0.05, 0.1) is 0 Å². The van der Waals surface area contributed by atoms with Crippen molar-refractivity contribution in [2.24, 2.45) is 0 Å². The predicted molar refractivity (Wildman–Crippen MR) is 107 cm³/mol. The molecule has 1 heteroatoms. The number of hydrogen-bond donors (Lipinski definition) is 0. The van der Waals surface area contributed by atoms with Gasteiger partial charge in [0.1, 0.15) is 0 Å². The van der Waals surface area contributed by atoms with Gasteiger partial charge in [-0.15, -0.1) is 0 Å². The molecule has 128 valence electrons. The fraction of sp³-hybridized carbons (Fsp3) is 0.333. The number of aryl methyl sites for hydroxylation is 4. The Labute approximate surface area is 157 Å². The number of benzene rings is 2. The minimum atomic E-state index is -2.68. The van der Waals surface area contributed by atoms with E-state index in [1.807, 2.05) is 0 Å². The van der Waals surface area contributed by atoms with Gasteiger partial charge < -0.3 is 0 Å². The first-order valence-electron chi connectivity index (χ1n) is 9.39. The van der Waals surface area contributed by atoms with Gasteiger partial charge in [0, 0.05) is 0 Å². The first kappa shape index (κ1) is 17.2. The summed E-state index contributed by atoms with van der Waals surface area (Å²) in [6.45, 7) is 9.12. The van der Waals surface area contributed by atoms with Gasteiger partial charge in [-0.25, -0.2) is 0 Å². The molecule has 2 aromatic rings. The Morgan fingerprint density at radius 2 is 0.960 bits per heavy atom. The van der Waals surface area contributed by atoms with Crippen molar-refractivity contribution in [3.8, 4) is 0 Å². The topological polar surface area (TPSA) is 0 Å². The molecule has 2 aliphatic rings. The quantitative estimate of drug-likeness (QED) is 0.394. The molecule has 0 saturated carbocycles. The molecule has 0 nitrogen and oxygen atoms in total. The van der Waals surface area contributed by atoms with Crippen LogP contribution >= 0.6 is 0 Å². The molecule has 0 saturated heterocycles. The zero-order valence-corrected chi connectivity index (χ0v) is 19.9. The van der Waals surface area contributed by atoms with Crippen LogP contribution in [0, 0.1) is 27.7 Å². The summed E-state index contributed by atoms with van der Waals surface area (Å²) in [4.78, 5) is 0. The molecule has 2 aliphatic carbocycles. The first-order valence-corrected chi connectivity index (χ1v) is 20.7. The van der Waals surface area contributed by atoms with Gasteiger partial charge in [-0.2, -0.15) is 0 Å². The van der Waals surface area contributed by atoms with Crippen LogP contribution in [0.4, 0.5) is 0 Å². The van der Waals surface area contributed by atoms with Crippen molar-refractivity contribution in [1.29, 1.82) is 0 Å². The van der Waals surface area contributed by atoms with Crippen LogP contribution in [0.2, 0.25) is 9.36 Å². The number of hydrogen-bond acceptors (Lipinski definition) is 0. The van der Waals surface area contributed by atoms with Crippen LogP contribution in [0.3, 0.4) is 0 Å². The summed E-state index contributed by atoms with van der Waals surface area (Å²) >= 11 is -2.68. The molecule has 0 aliphatic heterocycles. The Morgan fingerprint density at radius 3 is 1.36 bits per heavy atom. The monoisotopic (exact) mass is 496 g/mol. The Balaban J connectivity index is 1.84. The van der Waals surface area contributed by atoms with Crippen molar-refractivity contribution in [2.45, 2.75) is 44.4 Å². The average molecular weight is 495 g/mol. The SMILES string of the molecule is Cc1ccc(C)c2c1C=C[CH]2[Hf]([CH3])([CH3])[CH]1C=Cc2c(C)ccc(C)c21. The van der Waals surface area contributed by atoms with Gasteiger partial charge >= 0.3 is 157 Å². The molecule has 0 heterocycles. The van der Waals surface area contributed by atoms with E-state index < -0.39 is 20.0 Å². The molecule has 4 rings (SSSR count).